The Kier molecular flexibility index (Phi) is 5.11. The first-order valence-electron chi connectivity index (χ1n) is 7.50. The SMILES string of the molecule is Cc1cccc(NC(=O)C(c2ccc([N+](=O)[O-])cc2)C(C)C)c1. The van der Waals surface area contributed by atoms with Crippen LogP contribution in [0.5, 0.6) is 0 Å². The summed E-state index contributed by atoms with van der Waals surface area (Å²) in [5.74, 6) is -0.406. The molecular formula is C18H20N2O3. The fraction of sp³-hybridized carbons (Fsp3) is 0.278. The van der Waals surface area contributed by atoms with Crippen LogP contribution in [0.1, 0.15) is 30.9 Å². The Morgan fingerprint density at radius 1 is 1.13 bits per heavy atom. The molecule has 23 heavy (non-hydrogen) atoms. The van der Waals surface area contributed by atoms with Gasteiger partial charge in [0.25, 0.3) is 5.69 Å². The lowest BCUT2D eigenvalue weighted by Crippen LogP contribution is -2.25. The van der Waals surface area contributed by atoms with Crippen molar-refractivity contribution in [3.63, 3.8) is 0 Å². The zero-order chi connectivity index (χ0) is 17.0. The highest BCUT2D eigenvalue weighted by Gasteiger charge is 2.24. The standard InChI is InChI=1S/C18H20N2O3/c1-12(2)17(14-7-9-16(10-8-14)20(22)23)18(21)19-15-6-4-5-13(3)11-15/h4-12,17H,1-3H3,(H,19,21). The zero-order valence-electron chi connectivity index (χ0n) is 13.4. The number of nitro groups is 1. The van der Waals surface area contributed by atoms with Gasteiger partial charge in [-0.3, -0.25) is 14.9 Å². The predicted molar refractivity (Wildman–Crippen MR) is 90.5 cm³/mol. The van der Waals surface area contributed by atoms with E-state index in [4.69, 9.17) is 0 Å². The van der Waals surface area contributed by atoms with Crippen molar-refractivity contribution in [3.05, 3.63) is 69.8 Å². The molecule has 0 fully saturated rings. The average Bonchev–Trinajstić information content (AvgIpc) is 2.47. The van der Waals surface area contributed by atoms with Crippen molar-refractivity contribution in [1.29, 1.82) is 0 Å². The van der Waals surface area contributed by atoms with Crippen LogP contribution in [-0.4, -0.2) is 10.8 Å². The molecule has 5 heteroatoms. The number of carbonyl (C=O) groups is 1. The number of non-ortho nitro benzene ring substituents is 1. The van der Waals surface area contributed by atoms with Crippen LogP contribution in [0.4, 0.5) is 11.4 Å². The second-order valence-corrected chi connectivity index (χ2v) is 5.93. The number of amides is 1. The van der Waals surface area contributed by atoms with E-state index in [1.807, 2.05) is 45.0 Å². The number of nitrogens with one attached hydrogen (secondary N) is 1. The number of hydrogen-bond acceptors (Lipinski definition) is 3. The number of aryl methyl sites for hydroxylation is 1. The average molecular weight is 312 g/mol. The second kappa shape index (κ2) is 7.05. The maximum absolute atomic E-state index is 12.6. The van der Waals surface area contributed by atoms with E-state index in [9.17, 15) is 14.9 Å². The van der Waals surface area contributed by atoms with Crippen LogP contribution >= 0.6 is 0 Å². The van der Waals surface area contributed by atoms with Gasteiger partial charge in [-0.15, -0.1) is 0 Å². The predicted octanol–water partition coefficient (Wildman–Crippen LogP) is 4.28. The quantitative estimate of drug-likeness (QED) is 0.661. The highest BCUT2D eigenvalue weighted by atomic mass is 16.6. The van der Waals surface area contributed by atoms with Crippen LogP contribution in [0.25, 0.3) is 0 Å². The van der Waals surface area contributed by atoms with E-state index in [1.165, 1.54) is 12.1 Å². The van der Waals surface area contributed by atoms with Gasteiger partial charge in [-0.25, -0.2) is 0 Å². The van der Waals surface area contributed by atoms with Gasteiger partial charge in [0.2, 0.25) is 5.91 Å². The van der Waals surface area contributed by atoms with E-state index >= 15 is 0 Å². The van der Waals surface area contributed by atoms with Crippen LogP contribution in [0, 0.1) is 23.0 Å². The van der Waals surface area contributed by atoms with Crippen molar-refractivity contribution in [2.45, 2.75) is 26.7 Å². The smallest absolute Gasteiger partial charge is 0.269 e. The van der Waals surface area contributed by atoms with Crippen molar-refractivity contribution in [3.8, 4) is 0 Å². The molecule has 0 saturated carbocycles. The molecule has 0 aliphatic rings. The maximum Gasteiger partial charge on any atom is 0.269 e. The lowest BCUT2D eigenvalue weighted by molar-refractivity contribution is -0.384. The van der Waals surface area contributed by atoms with Gasteiger partial charge in [0.1, 0.15) is 0 Å². The van der Waals surface area contributed by atoms with Gasteiger partial charge in [0.15, 0.2) is 0 Å². The van der Waals surface area contributed by atoms with Gasteiger partial charge in [-0.2, -0.15) is 0 Å². The van der Waals surface area contributed by atoms with Crippen LogP contribution in [0.3, 0.4) is 0 Å². The molecule has 1 atom stereocenters. The number of nitrogens with zero attached hydrogens (tertiary/aromatic N) is 1. The van der Waals surface area contributed by atoms with Crippen LogP contribution in [-0.2, 0) is 4.79 Å². The minimum absolute atomic E-state index is 0.0235. The molecule has 2 aromatic rings. The largest absolute Gasteiger partial charge is 0.326 e. The number of benzene rings is 2. The van der Waals surface area contributed by atoms with Gasteiger partial charge in [0.05, 0.1) is 10.8 Å². The molecule has 2 aromatic carbocycles. The number of anilines is 1. The lowest BCUT2D eigenvalue weighted by atomic mass is 9.87. The summed E-state index contributed by atoms with van der Waals surface area (Å²) in [7, 11) is 0. The van der Waals surface area contributed by atoms with Crippen LogP contribution in [0.2, 0.25) is 0 Å². The molecule has 0 aliphatic heterocycles. The summed E-state index contributed by atoms with van der Waals surface area (Å²) in [4.78, 5) is 22.9. The Morgan fingerprint density at radius 2 is 1.78 bits per heavy atom. The number of rotatable bonds is 5. The summed E-state index contributed by atoms with van der Waals surface area (Å²) in [6, 6.07) is 13.8. The Balaban J connectivity index is 2.23. The van der Waals surface area contributed by atoms with E-state index in [2.05, 4.69) is 5.32 Å². The third kappa shape index (κ3) is 4.16. The van der Waals surface area contributed by atoms with E-state index < -0.39 is 4.92 Å². The third-order valence-electron chi connectivity index (χ3n) is 3.70. The summed E-state index contributed by atoms with van der Waals surface area (Å²) in [6.45, 7) is 5.88. The molecular weight excluding hydrogens is 292 g/mol. The molecule has 1 unspecified atom stereocenters. The van der Waals surface area contributed by atoms with Crippen LogP contribution in [0.15, 0.2) is 48.5 Å². The molecule has 2 rings (SSSR count). The summed E-state index contributed by atoms with van der Waals surface area (Å²) in [5, 5.41) is 13.7. The second-order valence-electron chi connectivity index (χ2n) is 5.93. The summed E-state index contributed by atoms with van der Waals surface area (Å²) >= 11 is 0. The first-order chi connectivity index (χ1) is 10.9. The molecule has 0 spiro atoms. The monoisotopic (exact) mass is 312 g/mol. The molecule has 0 saturated heterocycles. The van der Waals surface area contributed by atoms with Crippen molar-refractivity contribution >= 4 is 17.3 Å². The topological polar surface area (TPSA) is 72.2 Å². The van der Waals surface area contributed by atoms with Gasteiger partial charge < -0.3 is 5.32 Å². The minimum atomic E-state index is -0.443. The fourth-order valence-corrected chi connectivity index (χ4v) is 2.59. The Morgan fingerprint density at radius 3 is 2.30 bits per heavy atom. The molecule has 0 aliphatic carbocycles. The molecule has 1 amide bonds. The molecule has 0 radical (unpaired) electrons. The van der Waals surface area contributed by atoms with E-state index in [0.29, 0.717) is 0 Å². The zero-order valence-corrected chi connectivity index (χ0v) is 13.4. The van der Waals surface area contributed by atoms with Gasteiger partial charge >= 0.3 is 0 Å². The van der Waals surface area contributed by atoms with E-state index in [1.54, 1.807) is 12.1 Å². The normalized spacial score (nSPS) is 12.0. The Labute approximate surface area is 135 Å². The van der Waals surface area contributed by atoms with E-state index in [-0.39, 0.29) is 23.4 Å². The number of nitro benzene ring substituents is 1. The molecule has 0 aromatic heterocycles. The summed E-state index contributed by atoms with van der Waals surface area (Å²) in [6.07, 6.45) is 0. The molecule has 0 heterocycles. The number of carbonyl (C=O) groups excluding carboxylic acids is 1. The highest BCUT2D eigenvalue weighted by molar-refractivity contribution is 5.96. The summed E-state index contributed by atoms with van der Waals surface area (Å²) in [5.41, 5.74) is 2.62. The Hall–Kier alpha value is -2.69. The minimum Gasteiger partial charge on any atom is -0.326 e. The van der Waals surface area contributed by atoms with Gasteiger partial charge in [-0.05, 0) is 36.1 Å². The third-order valence-corrected chi connectivity index (χ3v) is 3.70. The fourth-order valence-electron chi connectivity index (χ4n) is 2.59. The van der Waals surface area contributed by atoms with Crippen molar-refractivity contribution in [2.75, 3.05) is 5.32 Å². The Bertz CT molecular complexity index is 708. The molecule has 120 valence electrons. The first kappa shape index (κ1) is 16.7. The van der Waals surface area contributed by atoms with Crippen molar-refractivity contribution in [2.24, 2.45) is 5.92 Å². The van der Waals surface area contributed by atoms with Crippen LogP contribution < -0.4 is 5.32 Å². The molecule has 5 nitrogen and oxygen atoms in total. The lowest BCUT2D eigenvalue weighted by Gasteiger charge is -2.21. The van der Waals surface area contributed by atoms with Gasteiger partial charge in [0, 0.05) is 17.8 Å². The van der Waals surface area contributed by atoms with E-state index in [0.717, 1.165) is 16.8 Å². The molecule has 0 bridgehead atoms. The maximum atomic E-state index is 12.6. The van der Waals surface area contributed by atoms with Gasteiger partial charge in [-0.1, -0.05) is 38.1 Å². The summed E-state index contributed by atoms with van der Waals surface area (Å²) < 4.78 is 0. The van der Waals surface area contributed by atoms with Crippen molar-refractivity contribution in [1.82, 2.24) is 0 Å². The first-order valence-corrected chi connectivity index (χ1v) is 7.50. The highest BCUT2D eigenvalue weighted by Crippen LogP contribution is 2.28. The van der Waals surface area contributed by atoms with Crippen molar-refractivity contribution < 1.29 is 9.72 Å². The number of hydrogen-bond donors (Lipinski definition) is 1. The molecule has 1 N–H and O–H groups in total.